The smallest absolute Gasteiger partial charge is 0.331 e. The first-order valence-electron chi connectivity index (χ1n) is 13.4. The number of benzene rings is 3. The first-order valence-corrected chi connectivity index (χ1v) is 14.8. The highest BCUT2D eigenvalue weighted by Gasteiger charge is 2.21. The van der Waals surface area contributed by atoms with Crippen LogP contribution in [-0.4, -0.2) is 33.6 Å². The summed E-state index contributed by atoms with van der Waals surface area (Å²) in [6, 6.07) is 18.8. The molecule has 8 heteroatoms. The second-order valence-corrected chi connectivity index (χ2v) is 11.4. The Morgan fingerprint density at radius 3 is 2.27 bits per heavy atom. The molecule has 0 amide bonds. The molecule has 0 radical (unpaired) electrons. The van der Waals surface area contributed by atoms with Crippen molar-refractivity contribution in [2.24, 2.45) is 5.16 Å². The van der Waals surface area contributed by atoms with E-state index in [4.69, 9.17) is 16.4 Å². The number of thioether (sulfide) groups is 1. The summed E-state index contributed by atoms with van der Waals surface area (Å²) in [6.07, 6.45) is 5.32. The third kappa shape index (κ3) is 6.06. The topological polar surface area (TPSA) is 77.7 Å². The Kier molecular flexibility index (Phi) is 8.57. The van der Waals surface area contributed by atoms with Gasteiger partial charge >= 0.3 is 5.97 Å². The Labute approximate surface area is 247 Å². The van der Waals surface area contributed by atoms with Crippen molar-refractivity contribution in [3.8, 4) is 0 Å². The van der Waals surface area contributed by atoms with Crippen LogP contribution in [0.2, 0.25) is 0 Å². The van der Waals surface area contributed by atoms with Crippen LogP contribution in [-0.2, 0) is 16.2 Å². The Morgan fingerprint density at radius 1 is 0.951 bits per heavy atom. The van der Waals surface area contributed by atoms with Crippen LogP contribution in [0.3, 0.4) is 0 Å². The fourth-order valence-corrected chi connectivity index (χ4v) is 6.08. The van der Waals surface area contributed by atoms with Gasteiger partial charge in [-0.1, -0.05) is 47.1 Å². The largest absolute Gasteiger partial charge is 0.341 e. The molecule has 5 rings (SSSR count). The van der Waals surface area contributed by atoms with E-state index < -0.39 is 5.97 Å². The molecule has 0 unspecified atom stereocenters. The quantitative estimate of drug-likeness (QED) is 0.0862. The van der Waals surface area contributed by atoms with Crippen molar-refractivity contribution in [3.63, 3.8) is 0 Å². The van der Waals surface area contributed by atoms with Gasteiger partial charge in [0, 0.05) is 62.7 Å². The van der Waals surface area contributed by atoms with E-state index in [9.17, 15) is 14.4 Å². The summed E-state index contributed by atoms with van der Waals surface area (Å²) in [5, 5.41) is 6.47. The molecular weight excluding hydrogens is 556 g/mol. The van der Waals surface area contributed by atoms with Crippen LogP contribution in [0.15, 0.2) is 87.9 Å². The molecule has 6 nitrogen and oxygen atoms in total. The van der Waals surface area contributed by atoms with Crippen LogP contribution in [0.1, 0.15) is 58.5 Å². The lowest BCUT2D eigenvalue weighted by Crippen LogP contribution is -2.18. The van der Waals surface area contributed by atoms with Gasteiger partial charge in [0.25, 0.3) is 0 Å². The fraction of sp³-hybridized carbons (Fsp3) is 0.212. The second kappa shape index (κ2) is 12.3. The molecule has 0 atom stereocenters. The first-order chi connectivity index (χ1) is 19.8. The summed E-state index contributed by atoms with van der Waals surface area (Å²) in [4.78, 5) is 44.6. The molecule has 1 aliphatic rings. The average molecular weight is 585 g/mol. The Hall–Kier alpha value is -3.94. The second-order valence-electron chi connectivity index (χ2n) is 9.84. The van der Waals surface area contributed by atoms with Crippen molar-refractivity contribution >= 4 is 68.4 Å². The minimum atomic E-state index is -0.598. The minimum Gasteiger partial charge on any atom is -0.341 e. The molecule has 0 spiro atoms. The van der Waals surface area contributed by atoms with Crippen molar-refractivity contribution in [2.45, 2.75) is 40.2 Å². The van der Waals surface area contributed by atoms with Gasteiger partial charge < -0.3 is 9.40 Å². The lowest BCUT2D eigenvalue weighted by atomic mass is 9.97. The monoisotopic (exact) mass is 584 g/mol. The zero-order valence-electron chi connectivity index (χ0n) is 23.1. The summed E-state index contributed by atoms with van der Waals surface area (Å²) in [5.41, 5.74) is 4.68. The number of hydrogen-bond acceptors (Lipinski definition) is 6. The van der Waals surface area contributed by atoms with Gasteiger partial charge in [0.2, 0.25) is 5.78 Å². The van der Waals surface area contributed by atoms with Gasteiger partial charge in [0.05, 0.1) is 0 Å². The molecule has 0 aliphatic heterocycles. The van der Waals surface area contributed by atoms with Crippen molar-refractivity contribution < 1.29 is 19.2 Å². The number of ketones is 2. The van der Waals surface area contributed by atoms with E-state index in [0.29, 0.717) is 16.7 Å². The lowest BCUT2D eigenvalue weighted by molar-refractivity contribution is -0.140. The van der Waals surface area contributed by atoms with Crippen LogP contribution >= 0.6 is 23.4 Å². The number of oxime groups is 1. The van der Waals surface area contributed by atoms with Gasteiger partial charge in [0.15, 0.2) is 5.78 Å². The summed E-state index contributed by atoms with van der Waals surface area (Å²) in [6.45, 7) is 5.96. The van der Waals surface area contributed by atoms with Crippen LogP contribution in [0.4, 0.5) is 0 Å². The number of allylic oxidation sites excluding steroid dienone is 4. The molecule has 1 aliphatic carbocycles. The third-order valence-corrected chi connectivity index (χ3v) is 8.54. The SMILES string of the molecule is CCn1c2ccc(C(=O)/C(CSC3=CC=C(Cl)CC3)=N/OC(C)=O)cc2c2cc(C(=O)c3ccccc3C)ccc21. The van der Waals surface area contributed by atoms with Crippen molar-refractivity contribution in [3.05, 3.63) is 105 Å². The number of aryl methyl sites for hydroxylation is 2. The maximum absolute atomic E-state index is 13.7. The number of rotatable bonds is 9. The Balaban J connectivity index is 1.54. The van der Waals surface area contributed by atoms with E-state index in [1.54, 1.807) is 6.07 Å². The zero-order chi connectivity index (χ0) is 29.1. The van der Waals surface area contributed by atoms with Crippen molar-refractivity contribution in [2.75, 3.05) is 5.75 Å². The summed E-state index contributed by atoms with van der Waals surface area (Å²) in [5.74, 6) is -0.724. The number of nitrogens with zero attached hydrogens (tertiary/aromatic N) is 2. The number of fused-ring (bicyclic) bond motifs is 3. The van der Waals surface area contributed by atoms with E-state index in [0.717, 1.165) is 56.7 Å². The molecule has 41 heavy (non-hydrogen) atoms. The normalized spacial score (nSPS) is 13.7. The maximum atomic E-state index is 13.7. The molecular formula is C33H29ClN2O4S. The predicted molar refractivity (Wildman–Crippen MR) is 167 cm³/mol. The van der Waals surface area contributed by atoms with E-state index in [1.165, 1.54) is 18.7 Å². The van der Waals surface area contributed by atoms with Crippen LogP contribution < -0.4 is 0 Å². The number of Topliss-reactive ketones (excluding diaryl/α,β-unsaturated/α-hetero) is 1. The van der Waals surface area contributed by atoms with Crippen LogP contribution in [0.5, 0.6) is 0 Å². The van der Waals surface area contributed by atoms with E-state index in [1.807, 2.05) is 73.7 Å². The highest BCUT2D eigenvalue weighted by atomic mass is 35.5. The first kappa shape index (κ1) is 28.6. The molecule has 1 heterocycles. The number of hydrogen-bond donors (Lipinski definition) is 0. The van der Waals surface area contributed by atoms with E-state index >= 15 is 0 Å². The minimum absolute atomic E-state index is 0.0457. The van der Waals surface area contributed by atoms with Gasteiger partial charge in [-0.15, -0.1) is 11.8 Å². The van der Waals surface area contributed by atoms with Crippen LogP contribution in [0, 0.1) is 6.92 Å². The maximum Gasteiger partial charge on any atom is 0.331 e. The van der Waals surface area contributed by atoms with Gasteiger partial charge in [0.1, 0.15) is 5.71 Å². The Bertz CT molecular complexity index is 1800. The molecule has 0 bridgehead atoms. The summed E-state index contributed by atoms with van der Waals surface area (Å²) < 4.78 is 2.17. The fourth-order valence-electron chi connectivity index (χ4n) is 5.00. The number of halogens is 1. The van der Waals surface area contributed by atoms with Gasteiger partial charge in [-0.05, 0) is 79.6 Å². The molecule has 0 saturated heterocycles. The molecule has 0 saturated carbocycles. The van der Waals surface area contributed by atoms with Gasteiger partial charge in [-0.2, -0.15) is 0 Å². The third-order valence-electron chi connectivity index (χ3n) is 7.10. The molecule has 0 N–H and O–H groups in total. The lowest BCUT2D eigenvalue weighted by Gasteiger charge is -2.11. The number of carbonyl (C=O) groups is 3. The van der Waals surface area contributed by atoms with Crippen molar-refractivity contribution in [1.29, 1.82) is 0 Å². The molecule has 4 aromatic rings. The number of carbonyl (C=O) groups excluding carboxylic acids is 3. The van der Waals surface area contributed by atoms with E-state index in [-0.39, 0.29) is 23.0 Å². The predicted octanol–water partition coefficient (Wildman–Crippen LogP) is 7.99. The highest BCUT2D eigenvalue weighted by molar-refractivity contribution is 8.03. The Morgan fingerprint density at radius 2 is 1.63 bits per heavy atom. The molecule has 3 aromatic carbocycles. The van der Waals surface area contributed by atoms with Crippen LogP contribution in [0.25, 0.3) is 21.8 Å². The summed E-state index contributed by atoms with van der Waals surface area (Å²) in [7, 11) is 0. The standard InChI is InChI=1S/C33H29ClN2O4S/c1-4-36-30-15-9-22(32(38)26-8-6-5-7-20(26)2)17-27(30)28-18-23(10-16-31(28)36)33(39)29(35-40-21(3)37)19-41-25-13-11-24(34)12-14-25/h5-11,13,15-18H,4,12,14,19H2,1-3H3/b35-29+. The van der Waals surface area contributed by atoms with Crippen molar-refractivity contribution in [1.82, 2.24) is 4.57 Å². The van der Waals surface area contributed by atoms with E-state index in [2.05, 4.69) is 16.6 Å². The average Bonchev–Trinajstić information content (AvgIpc) is 3.29. The zero-order valence-corrected chi connectivity index (χ0v) is 24.6. The molecule has 1 aromatic heterocycles. The number of aromatic nitrogens is 1. The van der Waals surface area contributed by atoms with Gasteiger partial charge in [-0.25, -0.2) is 4.79 Å². The molecule has 0 fully saturated rings. The highest BCUT2D eigenvalue weighted by Crippen LogP contribution is 2.33. The molecule has 208 valence electrons. The summed E-state index contributed by atoms with van der Waals surface area (Å²) >= 11 is 7.55. The van der Waals surface area contributed by atoms with Gasteiger partial charge in [-0.3, -0.25) is 9.59 Å².